The van der Waals surface area contributed by atoms with Gasteiger partial charge in [0.1, 0.15) is 5.82 Å². The first kappa shape index (κ1) is 22.2. The number of hydrogen-bond acceptors (Lipinski definition) is 2. The Labute approximate surface area is 190 Å². The first-order valence-electron chi connectivity index (χ1n) is 11.4. The van der Waals surface area contributed by atoms with Gasteiger partial charge in [0.05, 0.1) is 6.54 Å². The van der Waals surface area contributed by atoms with Gasteiger partial charge in [0.25, 0.3) is 0 Å². The molecule has 4 heteroatoms. The predicted molar refractivity (Wildman–Crippen MR) is 128 cm³/mol. The number of halogens is 1. The van der Waals surface area contributed by atoms with E-state index in [0.29, 0.717) is 12.5 Å². The lowest BCUT2D eigenvalue weighted by Crippen LogP contribution is -2.33. The molecule has 0 atom stereocenters. The molecule has 1 saturated heterocycles. The second-order valence-electron chi connectivity index (χ2n) is 8.77. The molecule has 1 aliphatic heterocycles. The predicted octanol–water partition coefficient (Wildman–Crippen LogP) is 6.07. The van der Waals surface area contributed by atoms with E-state index in [9.17, 15) is 9.18 Å². The summed E-state index contributed by atoms with van der Waals surface area (Å²) in [7, 11) is 0. The molecule has 166 valence electrons. The van der Waals surface area contributed by atoms with E-state index in [2.05, 4.69) is 29.2 Å². The lowest BCUT2D eigenvalue weighted by molar-refractivity contribution is -0.116. The van der Waals surface area contributed by atoms with Crippen LogP contribution in [0.1, 0.15) is 47.9 Å². The van der Waals surface area contributed by atoms with Crippen molar-refractivity contribution in [3.8, 4) is 0 Å². The van der Waals surface area contributed by atoms with Crippen LogP contribution < -0.4 is 4.90 Å². The molecule has 0 aromatic heterocycles. The highest BCUT2D eigenvalue weighted by Crippen LogP contribution is 2.32. The van der Waals surface area contributed by atoms with Crippen LogP contribution in [-0.2, 0) is 17.9 Å². The quantitative estimate of drug-likeness (QED) is 0.474. The number of hydrogen-bond donors (Lipinski definition) is 0. The maximum Gasteiger partial charge on any atom is 0.224 e. The summed E-state index contributed by atoms with van der Waals surface area (Å²) in [5, 5.41) is 0. The number of rotatable bonds is 6. The molecule has 0 N–H and O–H groups in total. The number of amides is 1. The van der Waals surface area contributed by atoms with Gasteiger partial charge >= 0.3 is 0 Å². The topological polar surface area (TPSA) is 23.6 Å². The Hall–Kier alpha value is -2.98. The number of aryl methyl sites for hydroxylation is 1. The summed E-state index contributed by atoms with van der Waals surface area (Å²) in [6.07, 6.45) is 2.17. The summed E-state index contributed by atoms with van der Waals surface area (Å²) in [4.78, 5) is 16.9. The standard InChI is InChI=1S/C28H31FN2O/c1-21-7-3-6-10-28(21)31(22(2)32)20-25-8-4-5-9-27(25)24-15-17-30(18-16-24)19-23-11-13-26(29)14-12-23/h3-14,24H,15-20H2,1-2H3. The monoisotopic (exact) mass is 430 g/mol. The summed E-state index contributed by atoms with van der Waals surface area (Å²) >= 11 is 0. The first-order valence-corrected chi connectivity index (χ1v) is 11.4. The van der Waals surface area contributed by atoms with Gasteiger partial charge in [-0.1, -0.05) is 54.6 Å². The van der Waals surface area contributed by atoms with E-state index in [-0.39, 0.29) is 11.7 Å². The van der Waals surface area contributed by atoms with Crippen LogP contribution in [0.4, 0.5) is 10.1 Å². The zero-order valence-electron chi connectivity index (χ0n) is 18.9. The van der Waals surface area contributed by atoms with Crippen LogP contribution in [0, 0.1) is 12.7 Å². The zero-order chi connectivity index (χ0) is 22.5. The molecule has 0 saturated carbocycles. The molecular weight excluding hydrogens is 399 g/mol. The summed E-state index contributed by atoms with van der Waals surface area (Å²) in [6, 6.07) is 23.4. The normalized spacial score (nSPS) is 15.0. The zero-order valence-corrected chi connectivity index (χ0v) is 18.9. The van der Waals surface area contributed by atoms with Gasteiger partial charge in [-0.05, 0) is 79.2 Å². The molecule has 0 unspecified atom stereocenters. The van der Waals surface area contributed by atoms with E-state index >= 15 is 0 Å². The van der Waals surface area contributed by atoms with Crippen molar-refractivity contribution in [2.24, 2.45) is 0 Å². The Balaban J connectivity index is 1.46. The van der Waals surface area contributed by atoms with Gasteiger partial charge in [-0.25, -0.2) is 4.39 Å². The van der Waals surface area contributed by atoms with E-state index in [0.717, 1.165) is 49.3 Å². The van der Waals surface area contributed by atoms with Gasteiger partial charge in [-0.15, -0.1) is 0 Å². The maximum atomic E-state index is 13.2. The molecule has 0 spiro atoms. The molecule has 3 nitrogen and oxygen atoms in total. The number of para-hydroxylation sites is 1. The molecule has 1 fully saturated rings. The molecule has 0 aliphatic carbocycles. The number of anilines is 1. The van der Waals surface area contributed by atoms with Crippen molar-refractivity contribution in [2.45, 2.75) is 45.7 Å². The van der Waals surface area contributed by atoms with Gasteiger partial charge in [0.15, 0.2) is 0 Å². The number of carbonyl (C=O) groups is 1. The molecular formula is C28H31FN2O. The summed E-state index contributed by atoms with van der Waals surface area (Å²) in [5.74, 6) is 0.360. The summed E-state index contributed by atoms with van der Waals surface area (Å²) in [6.45, 7) is 7.18. The lowest BCUT2D eigenvalue weighted by atomic mass is 9.86. The Kier molecular flexibility index (Phi) is 7.01. The molecule has 3 aromatic rings. The Morgan fingerprint density at radius 1 is 0.969 bits per heavy atom. The van der Waals surface area contributed by atoms with E-state index in [1.165, 1.54) is 23.3 Å². The van der Waals surface area contributed by atoms with Gasteiger partial charge in [-0.2, -0.15) is 0 Å². The maximum absolute atomic E-state index is 13.2. The van der Waals surface area contributed by atoms with Gasteiger partial charge in [-0.3, -0.25) is 9.69 Å². The molecule has 4 rings (SSSR count). The number of likely N-dealkylation sites (tertiary alicyclic amines) is 1. The molecule has 3 aromatic carbocycles. The van der Waals surface area contributed by atoms with E-state index in [4.69, 9.17) is 0 Å². The third kappa shape index (κ3) is 5.25. The van der Waals surface area contributed by atoms with Gasteiger partial charge in [0, 0.05) is 19.2 Å². The van der Waals surface area contributed by atoms with Crippen LogP contribution in [-0.4, -0.2) is 23.9 Å². The minimum absolute atomic E-state index is 0.0585. The molecule has 1 aliphatic rings. The van der Waals surface area contributed by atoms with Crippen molar-refractivity contribution in [3.05, 3.63) is 101 Å². The average molecular weight is 431 g/mol. The third-order valence-electron chi connectivity index (χ3n) is 6.52. The third-order valence-corrected chi connectivity index (χ3v) is 6.52. The molecule has 1 heterocycles. The van der Waals surface area contributed by atoms with Crippen molar-refractivity contribution in [1.29, 1.82) is 0 Å². The first-order chi connectivity index (χ1) is 15.5. The average Bonchev–Trinajstić information content (AvgIpc) is 2.80. The lowest BCUT2D eigenvalue weighted by Gasteiger charge is -2.33. The number of nitrogens with zero attached hydrogens (tertiary/aromatic N) is 2. The van der Waals surface area contributed by atoms with Crippen LogP contribution in [0.25, 0.3) is 0 Å². The minimum atomic E-state index is -0.186. The van der Waals surface area contributed by atoms with E-state index in [1.54, 1.807) is 6.92 Å². The summed E-state index contributed by atoms with van der Waals surface area (Å²) in [5.41, 5.74) is 5.82. The number of piperidine rings is 1. The highest BCUT2D eigenvalue weighted by molar-refractivity contribution is 5.92. The molecule has 0 radical (unpaired) electrons. The van der Waals surface area contributed by atoms with Crippen LogP contribution in [0.3, 0.4) is 0 Å². The number of carbonyl (C=O) groups excluding carboxylic acids is 1. The highest BCUT2D eigenvalue weighted by atomic mass is 19.1. The van der Waals surface area contributed by atoms with E-state index < -0.39 is 0 Å². The van der Waals surface area contributed by atoms with Gasteiger partial charge < -0.3 is 4.90 Å². The fraction of sp³-hybridized carbons (Fsp3) is 0.321. The van der Waals surface area contributed by atoms with Crippen LogP contribution in [0.2, 0.25) is 0 Å². The van der Waals surface area contributed by atoms with Crippen molar-refractivity contribution < 1.29 is 9.18 Å². The van der Waals surface area contributed by atoms with Gasteiger partial charge in [0.2, 0.25) is 5.91 Å². The highest BCUT2D eigenvalue weighted by Gasteiger charge is 2.24. The number of benzene rings is 3. The smallest absolute Gasteiger partial charge is 0.224 e. The van der Waals surface area contributed by atoms with E-state index in [1.807, 2.05) is 48.2 Å². The summed E-state index contributed by atoms with van der Waals surface area (Å²) < 4.78 is 13.2. The van der Waals surface area contributed by atoms with Crippen molar-refractivity contribution in [2.75, 3.05) is 18.0 Å². The largest absolute Gasteiger partial charge is 0.308 e. The SMILES string of the molecule is CC(=O)N(Cc1ccccc1C1CCN(Cc2ccc(F)cc2)CC1)c1ccccc1C. The van der Waals surface area contributed by atoms with Crippen LogP contribution in [0.15, 0.2) is 72.8 Å². The van der Waals surface area contributed by atoms with Crippen LogP contribution >= 0.6 is 0 Å². The molecule has 1 amide bonds. The minimum Gasteiger partial charge on any atom is -0.308 e. The Morgan fingerprint density at radius 2 is 1.62 bits per heavy atom. The Bertz CT molecular complexity index is 1060. The molecule has 32 heavy (non-hydrogen) atoms. The second kappa shape index (κ2) is 10.1. The second-order valence-corrected chi connectivity index (χ2v) is 8.77. The van der Waals surface area contributed by atoms with Crippen molar-refractivity contribution >= 4 is 11.6 Å². The Morgan fingerprint density at radius 3 is 2.31 bits per heavy atom. The van der Waals surface area contributed by atoms with Crippen LogP contribution in [0.5, 0.6) is 0 Å². The fourth-order valence-corrected chi connectivity index (χ4v) is 4.73. The molecule has 0 bridgehead atoms. The van der Waals surface area contributed by atoms with Crippen molar-refractivity contribution in [1.82, 2.24) is 4.90 Å². The van der Waals surface area contributed by atoms with Crippen molar-refractivity contribution in [3.63, 3.8) is 0 Å². The fourth-order valence-electron chi connectivity index (χ4n) is 4.73.